The Labute approximate surface area is 136 Å². The van der Waals surface area contributed by atoms with Crippen LogP contribution >= 0.6 is 23.7 Å². The molecule has 2 nitrogen and oxygen atoms in total. The van der Waals surface area contributed by atoms with Crippen molar-refractivity contribution in [2.24, 2.45) is 17.6 Å². The van der Waals surface area contributed by atoms with Crippen LogP contribution in [-0.2, 0) is 6.54 Å². The highest BCUT2D eigenvalue weighted by Gasteiger charge is 2.38. The number of hydrogen-bond acceptors (Lipinski definition) is 3. The highest BCUT2D eigenvalue weighted by Crippen LogP contribution is 2.37. The van der Waals surface area contributed by atoms with Crippen LogP contribution in [0.15, 0.2) is 29.6 Å². The Hall–Kier alpha value is -0.610. The monoisotopic (exact) mass is 322 g/mol. The van der Waals surface area contributed by atoms with Crippen LogP contribution in [0, 0.1) is 11.8 Å². The number of nitrogens with zero attached hydrogens (tertiary/aromatic N) is 1. The van der Waals surface area contributed by atoms with Crippen LogP contribution in [0.4, 0.5) is 0 Å². The molecule has 2 N–H and O–H groups in total. The topological polar surface area (TPSA) is 29.3 Å². The molecule has 1 aliphatic heterocycles. The minimum atomic E-state index is 0. The summed E-state index contributed by atoms with van der Waals surface area (Å²) in [5.41, 5.74) is 7.82. The van der Waals surface area contributed by atoms with Crippen molar-refractivity contribution < 1.29 is 0 Å². The van der Waals surface area contributed by atoms with E-state index < -0.39 is 0 Å². The van der Waals surface area contributed by atoms with E-state index in [1.54, 1.807) is 0 Å². The summed E-state index contributed by atoms with van der Waals surface area (Å²) < 4.78 is 1.41. The molecule has 2 heterocycles. The molecule has 0 bridgehead atoms. The third kappa shape index (κ3) is 2.85. The molecule has 2 fully saturated rings. The zero-order valence-electron chi connectivity index (χ0n) is 12.2. The molecule has 4 rings (SSSR count). The highest BCUT2D eigenvalue weighted by molar-refractivity contribution is 7.17. The van der Waals surface area contributed by atoms with E-state index in [4.69, 9.17) is 5.73 Å². The van der Waals surface area contributed by atoms with Gasteiger partial charge in [-0.15, -0.1) is 23.7 Å². The van der Waals surface area contributed by atoms with Crippen LogP contribution in [-0.4, -0.2) is 24.0 Å². The van der Waals surface area contributed by atoms with Crippen LogP contribution in [0.3, 0.4) is 0 Å². The summed E-state index contributed by atoms with van der Waals surface area (Å²) in [7, 11) is 0. The molecule has 3 atom stereocenters. The number of rotatable bonds is 2. The van der Waals surface area contributed by atoms with E-state index in [-0.39, 0.29) is 12.4 Å². The molecule has 1 aromatic heterocycles. The smallest absolute Gasteiger partial charge is 0.0346 e. The second kappa shape index (κ2) is 6.25. The number of nitrogens with two attached hydrogens (primary N) is 1. The summed E-state index contributed by atoms with van der Waals surface area (Å²) >= 11 is 1.87. The fraction of sp³-hybridized carbons (Fsp3) is 0.529. The lowest BCUT2D eigenvalue weighted by atomic mass is 9.78. The zero-order valence-corrected chi connectivity index (χ0v) is 13.8. The molecule has 21 heavy (non-hydrogen) atoms. The first-order chi connectivity index (χ1) is 9.81. The van der Waals surface area contributed by atoms with Crippen LogP contribution in [0.5, 0.6) is 0 Å². The normalized spacial score (nSPS) is 29.3. The zero-order chi connectivity index (χ0) is 13.5. The predicted octanol–water partition coefficient (Wildman–Crippen LogP) is 3.88. The Balaban J connectivity index is 0.00000132. The fourth-order valence-electron chi connectivity index (χ4n) is 4.13. The van der Waals surface area contributed by atoms with Gasteiger partial charge in [-0.3, -0.25) is 4.90 Å². The molecule has 1 saturated heterocycles. The number of likely N-dealkylation sites (tertiary alicyclic amines) is 1. The molecule has 3 unspecified atom stereocenters. The van der Waals surface area contributed by atoms with E-state index in [9.17, 15) is 0 Å². The molecule has 114 valence electrons. The second-order valence-electron chi connectivity index (χ2n) is 6.47. The van der Waals surface area contributed by atoms with Gasteiger partial charge >= 0.3 is 0 Å². The van der Waals surface area contributed by atoms with Gasteiger partial charge in [-0.05, 0) is 47.1 Å². The summed E-state index contributed by atoms with van der Waals surface area (Å²) in [5.74, 6) is 1.59. The van der Waals surface area contributed by atoms with Crippen molar-refractivity contribution in [3.63, 3.8) is 0 Å². The van der Waals surface area contributed by atoms with Crippen molar-refractivity contribution in [2.75, 3.05) is 13.1 Å². The van der Waals surface area contributed by atoms with Crippen molar-refractivity contribution in [1.82, 2.24) is 4.90 Å². The van der Waals surface area contributed by atoms with Crippen molar-refractivity contribution >= 4 is 33.8 Å². The lowest BCUT2D eigenvalue weighted by Gasteiger charge is -2.29. The molecular formula is C17H23ClN2S. The van der Waals surface area contributed by atoms with Crippen molar-refractivity contribution in [3.05, 3.63) is 35.2 Å². The van der Waals surface area contributed by atoms with E-state index in [1.165, 1.54) is 48.0 Å². The van der Waals surface area contributed by atoms with E-state index in [1.807, 2.05) is 11.3 Å². The van der Waals surface area contributed by atoms with Crippen molar-refractivity contribution in [1.29, 1.82) is 0 Å². The van der Waals surface area contributed by atoms with Gasteiger partial charge in [0.15, 0.2) is 0 Å². The van der Waals surface area contributed by atoms with Crippen LogP contribution in [0.25, 0.3) is 10.1 Å². The minimum absolute atomic E-state index is 0. The maximum Gasteiger partial charge on any atom is 0.0346 e. The Morgan fingerprint density at radius 2 is 2.05 bits per heavy atom. The molecule has 0 spiro atoms. The molecule has 1 aromatic carbocycles. The SMILES string of the molecule is Cl.NC1CCCC2CN(Cc3csc4ccccc34)CC12. The second-order valence-corrected chi connectivity index (χ2v) is 7.38. The van der Waals surface area contributed by atoms with E-state index in [0.717, 1.165) is 18.4 Å². The van der Waals surface area contributed by atoms with Crippen molar-refractivity contribution in [2.45, 2.75) is 31.8 Å². The number of hydrogen-bond donors (Lipinski definition) is 1. The average molecular weight is 323 g/mol. The van der Waals surface area contributed by atoms with Gasteiger partial charge in [0.2, 0.25) is 0 Å². The molecule has 0 amide bonds. The molecule has 1 saturated carbocycles. The Bertz CT molecular complexity index is 612. The predicted molar refractivity (Wildman–Crippen MR) is 93.2 cm³/mol. The van der Waals surface area contributed by atoms with Gasteiger partial charge in [0.25, 0.3) is 0 Å². The Morgan fingerprint density at radius 3 is 2.90 bits per heavy atom. The van der Waals surface area contributed by atoms with Gasteiger partial charge in [-0.2, -0.15) is 0 Å². The molecular weight excluding hydrogens is 300 g/mol. The standard InChI is InChI=1S/C17H22N2S.ClH/c18-16-6-3-4-12-8-19(10-15(12)16)9-13-11-20-17-7-2-1-5-14(13)17;/h1-2,5,7,11-12,15-16H,3-4,6,8-10,18H2;1H. The number of halogens is 1. The van der Waals surface area contributed by atoms with Crippen molar-refractivity contribution in [3.8, 4) is 0 Å². The summed E-state index contributed by atoms with van der Waals surface area (Å²) in [5, 5.41) is 3.78. The lowest BCUT2D eigenvalue weighted by Crippen LogP contribution is -2.38. The quantitative estimate of drug-likeness (QED) is 0.909. The van der Waals surface area contributed by atoms with Crippen LogP contribution in [0.2, 0.25) is 0 Å². The van der Waals surface area contributed by atoms with E-state index in [0.29, 0.717) is 6.04 Å². The summed E-state index contributed by atoms with van der Waals surface area (Å²) in [6.45, 7) is 3.56. The van der Waals surface area contributed by atoms with Gasteiger partial charge in [0.05, 0.1) is 0 Å². The third-order valence-electron chi connectivity index (χ3n) is 5.18. The average Bonchev–Trinajstić information content (AvgIpc) is 3.05. The molecule has 0 radical (unpaired) electrons. The maximum absolute atomic E-state index is 6.32. The molecule has 2 aromatic rings. The number of benzene rings is 1. The summed E-state index contributed by atoms with van der Waals surface area (Å²) in [4.78, 5) is 2.63. The first-order valence-corrected chi connectivity index (χ1v) is 8.62. The Kier molecular flexibility index (Phi) is 4.55. The maximum atomic E-state index is 6.32. The van der Waals surface area contributed by atoms with Gasteiger partial charge in [-0.1, -0.05) is 24.6 Å². The molecule has 4 heteroatoms. The van der Waals surface area contributed by atoms with Crippen LogP contribution < -0.4 is 5.73 Å². The largest absolute Gasteiger partial charge is 0.327 e. The first kappa shape index (κ1) is 15.3. The summed E-state index contributed by atoms with van der Waals surface area (Å²) in [6, 6.07) is 9.21. The van der Waals surface area contributed by atoms with Gasteiger partial charge in [0.1, 0.15) is 0 Å². The number of fused-ring (bicyclic) bond motifs is 2. The van der Waals surface area contributed by atoms with E-state index >= 15 is 0 Å². The van der Waals surface area contributed by atoms with E-state index in [2.05, 4.69) is 34.5 Å². The van der Waals surface area contributed by atoms with Gasteiger partial charge < -0.3 is 5.73 Å². The van der Waals surface area contributed by atoms with Gasteiger partial charge in [-0.25, -0.2) is 0 Å². The molecule has 2 aliphatic rings. The minimum Gasteiger partial charge on any atom is -0.327 e. The fourth-order valence-corrected chi connectivity index (χ4v) is 5.09. The summed E-state index contributed by atoms with van der Waals surface area (Å²) in [6.07, 6.45) is 3.95. The van der Waals surface area contributed by atoms with Crippen LogP contribution in [0.1, 0.15) is 24.8 Å². The Morgan fingerprint density at radius 1 is 1.19 bits per heavy atom. The lowest BCUT2D eigenvalue weighted by molar-refractivity contribution is 0.259. The molecule has 1 aliphatic carbocycles. The third-order valence-corrected chi connectivity index (χ3v) is 6.20. The first-order valence-electron chi connectivity index (χ1n) is 7.74. The van der Waals surface area contributed by atoms with Gasteiger partial charge in [0, 0.05) is 30.4 Å². The highest BCUT2D eigenvalue weighted by atomic mass is 35.5. The number of thiophene rings is 1.